The number of hydrogen-bond donors (Lipinski definition) is 1. The van der Waals surface area contributed by atoms with Crippen molar-refractivity contribution >= 4 is 24.2 Å². The van der Waals surface area contributed by atoms with Gasteiger partial charge in [-0.3, -0.25) is 24.7 Å². The predicted octanol–water partition coefficient (Wildman–Crippen LogP) is 6.21. The first-order chi connectivity index (χ1) is 22.4. The van der Waals surface area contributed by atoms with Gasteiger partial charge in [0.05, 0.1) is 28.3 Å². The number of carbonyl (C=O) groups is 2. The Hall–Kier alpha value is -4.63. The fourth-order valence-corrected chi connectivity index (χ4v) is 7.26. The van der Waals surface area contributed by atoms with Crippen LogP contribution in [0.2, 0.25) is 0 Å². The molecule has 0 aliphatic carbocycles. The quantitative estimate of drug-likeness (QED) is 0.131. The summed E-state index contributed by atoms with van der Waals surface area (Å²) < 4.78 is 0. The van der Waals surface area contributed by atoms with Gasteiger partial charge in [0, 0.05) is 29.8 Å². The smallest absolute Gasteiger partial charge is 0.269 e. The molecule has 46 heavy (non-hydrogen) atoms. The molecule has 0 aromatic heterocycles. The molecule has 2 amide bonds. The van der Waals surface area contributed by atoms with E-state index in [4.69, 9.17) is 4.99 Å². The average molecular weight is 622 g/mol. The first kappa shape index (κ1) is 32.8. The topological polar surface area (TPSA) is 108 Å². The van der Waals surface area contributed by atoms with Gasteiger partial charge in [0.25, 0.3) is 5.69 Å². The number of aliphatic imine (C=N–C) groups is 1. The normalized spacial score (nSPS) is 19.7. The summed E-state index contributed by atoms with van der Waals surface area (Å²) >= 11 is 0. The second kappa shape index (κ2) is 15.1. The van der Waals surface area contributed by atoms with Crippen molar-refractivity contribution in [2.24, 2.45) is 4.99 Å². The van der Waals surface area contributed by atoms with Crippen LogP contribution in [0.5, 0.6) is 0 Å². The van der Waals surface area contributed by atoms with E-state index in [0.29, 0.717) is 25.8 Å². The lowest BCUT2D eigenvalue weighted by molar-refractivity contribution is -0.384. The van der Waals surface area contributed by atoms with E-state index in [9.17, 15) is 19.7 Å². The molecule has 9 nitrogen and oxygen atoms in total. The Morgan fingerprint density at radius 3 is 2.04 bits per heavy atom. The predicted molar refractivity (Wildman–Crippen MR) is 181 cm³/mol. The van der Waals surface area contributed by atoms with Crippen LogP contribution < -0.4 is 5.32 Å². The van der Waals surface area contributed by atoms with E-state index >= 15 is 0 Å². The van der Waals surface area contributed by atoms with E-state index in [1.165, 1.54) is 23.3 Å². The lowest BCUT2D eigenvalue weighted by Crippen LogP contribution is -2.47. The van der Waals surface area contributed by atoms with Crippen molar-refractivity contribution in [2.45, 2.75) is 63.3 Å². The van der Waals surface area contributed by atoms with Gasteiger partial charge in [-0.05, 0) is 68.4 Å². The second-order valence-corrected chi connectivity index (χ2v) is 12.0. The number of nitrogens with one attached hydrogen (secondary N) is 1. The number of nitro benzene ring substituents is 1. The lowest BCUT2D eigenvalue weighted by atomic mass is 9.68. The standard InChI is InChI=1S/C37H43N5O4/c1-3-32-35(38-26-43)34(28-16-18-31(19-17-28)42(45)46)36(33(4-2)39-32)41(27-44)23-11-22-40-24-20-37(21-25-40,29-12-7-5-8-13-29)30-14-9-6-10-15-30/h5-10,12-19,26-27,34-35H,3-4,11,20-25H2,1-2H3,(H,38,43). The summed E-state index contributed by atoms with van der Waals surface area (Å²) in [5.74, 6) is -0.411. The van der Waals surface area contributed by atoms with Crippen LogP contribution in [0.25, 0.3) is 0 Å². The molecule has 5 rings (SSSR count). The monoisotopic (exact) mass is 621 g/mol. The molecule has 1 N–H and O–H groups in total. The molecule has 1 fully saturated rings. The third-order valence-electron chi connectivity index (χ3n) is 9.64. The summed E-state index contributed by atoms with van der Waals surface area (Å²) in [6, 6.07) is 27.5. The number of non-ortho nitro benzene ring substituents is 1. The molecule has 2 atom stereocenters. The van der Waals surface area contributed by atoms with E-state index in [1.54, 1.807) is 17.0 Å². The first-order valence-corrected chi connectivity index (χ1v) is 16.3. The highest BCUT2D eigenvalue weighted by Crippen LogP contribution is 2.42. The molecular formula is C37H43N5O4. The Kier molecular flexibility index (Phi) is 10.8. The zero-order valence-corrected chi connectivity index (χ0v) is 26.7. The van der Waals surface area contributed by atoms with E-state index in [0.717, 1.165) is 68.0 Å². The zero-order chi connectivity index (χ0) is 32.5. The van der Waals surface area contributed by atoms with E-state index < -0.39 is 16.9 Å². The fraction of sp³-hybridized carbons (Fsp3) is 0.378. The number of amides is 2. The van der Waals surface area contributed by atoms with Crippen molar-refractivity contribution in [1.82, 2.24) is 15.1 Å². The van der Waals surface area contributed by atoms with E-state index in [1.807, 2.05) is 13.8 Å². The van der Waals surface area contributed by atoms with Gasteiger partial charge in [0.2, 0.25) is 12.8 Å². The number of nitrogens with zero attached hydrogens (tertiary/aromatic N) is 4. The molecule has 2 aliphatic rings. The Morgan fingerprint density at radius 1 is 0.935 bits per heavy atom. The van der Waals surface area contributed by atoms with Gasteiger partial charge < -0.3 is 15.1 Å². The highest BCUT2D eigenvalue weighted by Gasteiger charge is 2.39. The SMILES string of the molecule is CCC1=NC(CC)=C(N(C=O)CCCN2CCC(c3ccccc3)(c3ccccc3)CC2)C(c2ccc([N+](=O)[O-])cc2)C1NC=O. The van der Waals surface area contributed by atoms with Crippen molar-refractivity contribution in [3.63, 3.8) is 0 Å². The average Bonchev–Trinajstić information content (AvgIpc) is 3.11. The summed E-state index contributed by atoms with van der Waals surface area (Å²) in [6.07, 6.45) is 5.54. The number of hydrogen-bond acceptors (Lipinski definition) is 6. The van der Waals surface area contributed by atoms with Crippen LogP contribution in [0, 0.1) is 10.1 Å². The minimum Gasteiger partial charge on any atom is -0.350 e. The fourth-order valence-electron chi connectivity index (χ4n) is 7.26. The van der Waals surface area contributed by atoms with E-state index in [2.05, 4.69) is 70.9 Å². The molecule has 0 spiro atoms. The molecule has 3 aromatic rings. The molecule has 240 valence electrons. The van der Waals surface area contributed by atoms with Crippen LogP contribution in [-0.4, -0.2) is 65.5 Å². The van der Waals surface area contributed by atoms with Gasteiger partial charge in [-0.15, -0.1) is 0 Å². The van der Waals surface area contributed by atoms with Crippen molar-refractivity contribution in [3.8, 4) is 0 Å². The molecule has 3 aromatic carbocycles. The summed E-state index contributed by atoms with van der Waals surface area (Å²) in [5.41, 5.74) is 5.81. The number of benzene rings is 3. The van der Waals surface area contributed by atoms with Crippen LogP contribution in [0.15, 0.2) is 101 Å². The second-order valence-electron chi connectivity index (χ2n) is 12.0. The molecule has 0 saturated carbocycles. The van der Waals surface area contributed by atoms with Crippen LogP contribution >= 0.6 is 0 Å². The number of allylic oxidation sites excluding steroid dienone is 1. The van der Waals surface area contributed by atoms with Crippen LogP contribution in [0.3, 0.4) is 0 Å². The van der Waals surface area contributed by atoms with Crippen molar-refractivity contribution in [2.75, 3.05) is 26.2 Å². The van der Waals surface area contributed by atoms with Crippen molar-refractivity contribution < 1.29 is 14.5 Å². The molecule has 0 bridgehead atoms. The largest absolute Gasteiger partial charge is 0.350 e. The summed E-state index contributed by atoms with van der Waals surface area (Å²) in [6.45, 7) is 7.25. The van der Waals surface area contributed by atoms with Crippen molar-refractivity contribution in [1.29, 1.82) is 0 Å². The van der Waals surface area contributed by atoms with Crippen LogP contribution in [0.4, 0.5) is 5.69 Å². The maximum absolute atomic E-state index is 12.7. The molecule has 2 heterocycles. The molecule has 1 saturated heterocycles. The number of rotatable bonds is 14. The third-order valence-corrected chi connectivity index (χ3v) is 9.64. The first-order valence-electron chi connectivity index (χ1n) is 16.3. The summed E-state index contributed by atoms with van der Waals surface area (Å²) in [5, 5.41) is 14.3. The third kappa shape index (κ3) is 6.79. The number of carbonyl (C=O) groups excluding carboxylic acids is 2. The highest BCUT2D eigenvalue weighted by molar-refractivity contribution is 5.94. The Morgan fingerprint density at radius 2 is 1.54 bits per heavy atom. The van der Waals surface area contributed by atoms with Gasteiger partial charge >= 0.3 is 0 Å². The molecule has 0 radical (unpaired) electrons. The van der Waals surface area contributed by atoms with Crippen LogP contribution in [0.1, 0.15) is 68.6 Å². The van der Waals surface area contributed by atoms with Gasteiger partial charge in [-0.1, -0.05) is 86.6 Å². The van der Waals surface area contributed by atoms with Gasteiger partial charge in [0.15, 0.2) is 0 Å². The summed E-state index contributed by atoms with van der Waals surface area (Å²) in [7, 11) is 0. The maximum atomic E-state index is 12.7. The Labute approximate surface area is 271 Å². The minimum atomic E-state index is -0.470. The minimum absolute atomic E-state index is 0.0117. The summed E-state index contributed by atoms with van der Waals surface area (Å²) in [4.78, 5) is 44.6. The van der Waals surface area contributed by atoms with E-state index in [-0.39, 0.29) is 11.1 Å². The van der Waals surface area contributed by atoms with Gasteiger partial charge in [-0.25, -0.2) is 0 Å². The Bertz CT molecular complexity index is 1510. The molecular weight excluding hydrogens is 578 g/mol. The molecule has 2 unspecified atom stereocenters. The maximum Gasteiger partial charge on any atom is 0.269 e. The number of nitro groups is 1. The lowest BCUT2D eigenvalue weighted by Gasteiger charge is -2.43. The molecule has 2 aliphatic heterocycles. The van der Waals surface area contributed by atoms with Crippen LogP contribution in [-0.2, 0) is 15.0 Å². The zero-order valence-electron chi connectivity index (χ0n) is 26.7. The van der Waals surface area contributed by atoms with Crippen molar-refractivity contribution in [3.05, 3.63) is 123 Å². The Balaban J connectivity index is 1.34. The number of likely N-dealkylation sites (tertiary alicyclic amines) is 1. The van der Waals surface area contributed by atoms with Gasteiger partial charge in [0.1, 0.15) is 0 Å². The molecule has 9 heteroatoms. The highest BCUT2D eigenvalue weighted by atomic mass is 16.6. The number of piperidine rings is 1. The van der Waals surface area contributed by atoms with Gasteiger partial charge in [-0.2, -0.15) is 0 Å².